The van der Waals surface area contributed by atoms with E-state index in [0.717, 1.165) is 16.7 Å². The van der Waals surface area contributed by atoms with Gasteiger partial charge in [0.1, 0.15) is 29.5 Å². The normalized spacial score (nSPS) is 21.5. The zero-order chi connectivity index (χ0) is 25.8. The second-order valence-electron chi connectivity index (χ2n) is 7.24. The molecule has 0 radical (unpaired) electrons. The summed E-state index contributed by atoms with van der Waals surface area (Å²) in [5.41, 5.74) is -0.953. The Morgan fingerprint density at radius 3 is 2.46 bits per heavy atom. The summed E-state index contributed by atoms with van der Waals surface area (Å²) in [7, 11) is 0. The number of nitrogens with zero attached hydrogens (tertiary/aromatic N) is 1. The maximum absolute atomic E-state index is 12.9. The molecular formula is C21H21Cl3N2O8S. The van der Waals surface area contributed by atoms with Crippen LogP contribution in [-0.4, -0.2) is 69.3 Å². The smallest absolute Gasteiger partial charge is 0.484 e. The van der Waals surface area contributed by atoms with Crippen LogP contribution in [0, 0.1) is 0 Å². The third kappa shape index (κ3) is 6.87. The fourth-order valence-corrected chi connectivity index (χ4v) is 4.75. The minimum absolute atomic E-state index is 0.0747. The Morgan fingerprint density at radius 2 is 1.83 bits per heavy atom. The van der Waals surface area contributed by atoms with Crippen molar-refractivity contribution in [3.05, 3.63) is 41.6 Å². The van der Waals surface area contributed by atoms with Crippen LogP contribution in [0.15, 0.2) is 41.6 Å². The molecule has 0 unspecified atom stereocenters. The number of esters is 1. The van der Waals surface area contributed by atoms with Crippen molar-refractivity contribution in [3.8, 4) is 5.75 Å². The van der Waals surface area contributed by atoms with E-state index in [1.807, 2.05) is 0 Å². The quantitative estimate of drug-likeness (QED) is 0.287. The Balaban J connectivity index is 1.75. The number of amides is 2. The van der Waals surface area contributed by atoms with Crippen LogP contribution in [-0.2, 0) is 28.6 Å². The first-order chi connectivity index (χ1) is 16.5. The van der Waals surface area contributed by atoms with Crippen LogP contribution in [0.25, 0.3) is 0 Å². The van der Waals surface area contributed by atoms with Gasteiger partial charge >= 0.3 is 12.1 Å². The lowest BCUT2D eigenvalue weighted by molar-refractivity contribution is -0.153. The Morgan fingerprint density at radius 1 is 1.14 bits per heavy atom. The number of ether oxygens (including phenoxy) is 4. The second kappa shape index (κ2) is 11.6. The minimum Gasteiger partial charge on any atom is -0.484 e. The third-order valence-corrected chi connectivity index (χ3v) is 6.52. The molecule has 3 atom stereocenters. The summed E-state index contributed by atoms with van der Waals surface area (Å²) in [5.74, 6) is -1.59. The zero-order valence-electron chi connectivity index (χ0n) is 18.5. The molecule has 0 aliphatic carbocycles. The van der Waals surface area contributed by atoms with Gasteiger partial charge in [-0.05, 0) is 26.0 Å². The van der Waals surface area contributed by atoms with Gasteiger partial charge in [0.05, 0.1) is 6.61 Å². The standard InChI is InChI=1S/C21H21Cl3N2O8S/c1-3-31-20(30)34-19-11(2)15(18(29)33-10-21(22,23)24)26-16(28)14(17(26)35-19)25-13(27)9-32-12-7-5-4-6-8-12/h4-8,14,17,19H,3,9-10H2,1-2H3,(H,25,27)/t14-,17-,19-/m1/s1. The van der Waals surface area contributed by atoms with Crippen molar-refractivity contribution < 1.29 is 38.1 Å². The van der Waals surface area contributed by atoms with E-state index in [9.17, 15) is 19.2 Å². The molecular weight excluding hydrogens is 547 g/mol. The molecule has 2 heterocycles. The predicted octanol–water partition coefficient (Wildman–Crippen LogP) is 3.15. The number of β-lactam (4-membered cyclic amide) rings is 1. The number of alkyl halides is 3. The van der Waals surface area contributed by atoms with Crippen molar-refractivity contribution in [1.29, 1.82) is 0 Å². The van der Waals surface area contributed by atoms with Crippen LogP contribution in [0.3, 0.4) is 0 Å². The molecule has 1 aromatic carbocycles. The van der Waals surface area contributed by atoms with E-state index < -0.39 is 51.2 Å². The van der Waals surface area contributed by atoms with Crippen molar-refractivity contribution in [3.63, 3.8) is 0 Å². The predicted molar refractivity (Wildman–Crippen MR) is 128 cm³/mol. The van der Waals surface area contributed by atoms with E-state index in [4.69, 9.17) is 53.8 Å². The minimum atomic E-state index is -1.87. The summed E-state index contributed by atoms with van der Waals surface area (Å²) in [4.78, 5) is 51.2. The van der Waals surface area contributed by atoms with Gasteiger partial charge in [0.2, 0.25) is 3.79 Å². The summed E-state index contributed by atoms with van der Waals surface area (Å²) >= 11 is 18.0. The topological polar surface area (TPSA) is 120 Å². The molecule has 0 saturated carbocycles. The summed E-state index contributed by atoms with van der Waals surface area (Å²) in [6.45, 7) is 2.26. The Labute approximate surface area is 220 Å². The van der Waals surface area contributed by atoms with Crippen molar-refractivity contribution in [2.24, 2.45) is 0 Å². The van der Waals surface area contributed by atoms with Gasteiger partial charge in [0, 0.05) is 5.57 Å². The Bertz CT molecular complexity index is 1020. The average molecular weight is 568 g/mol. The molecule has 0 aromatic heterocycles. The Kier molecular flexibility index (Phi) is 9.03. The van der Waals surface area contributed by atoms with Crippen molar-refractivity contribution in [2.45, 2.75) is 34.5 Å². The molecule has 14 heteroatoms. The number of carbonyl (C=O) groups is 4. The van der Waals surface area contributed by atoms with Gasteiger partial charge in [-0.2, -0.15) is 0 Å². The number of rotatable bonds is 8. The summed E-state index contributed by atoms with van der Waals surface area (Å²) < 4.78 is 18.7. The van der Waals surface area contributed by atoms with Crippen molar-refractivity contribution >= 4 is 70.5 Å². The molecule has 1 fully saturated rings. The molecule has 2 aliphatic rings. The molecule has 2 amide bonds. The second-order valence-corrected chi connectivity index (χ2v) is 10.9. The van der Waals surface area contributed by atoms with Gasteiger partial charge in [-0.1, -0.05) is 64.8 Å². The van der Waals surface area contributed by atoms with Crippen LogP contribution < -0.4 is 10.1 Å². The fourth-order valence-electron chi connectivity index (χ4n) is 3.22. The van der Waals surface area contributed by atoms with E-state index in [2.05, 4.69) is 5.32 Å². The first-order valence-corrected chi connectivity index (χ1v) is 12.3. The van der Waals surface area contributed by atoms with Gasteiger partial charge in [-0.15, -0.1) is 0 Å². The lowest BCUT2D eigenvalue weighted by Crippen LogP contribution is -2.71. The Hall–Kier alpha value is -2.34. The number of para-hydroxylation sites is 1. The zero-order valence-corrected chi connectivity index (χ0v) is 21.6. The number of benzene rings is 1. The van der Waals surface area contributed by atoms with E-state index in [0.29, 0.717) is 5.75 Å². The van der Waals surface area contributed by atoms with E-state index in [1.165, 1.54) is 6.92 Å². The molecule has 1 saturated heterocycles. The lowest BCUT2D eigenvalue weighted by Gasteiger charge is -2.50. The van der Waals surface area contributed by atoms with Gasteiger partial charge in [-0.25, -0.2) is 9.59 Å². The molecule has 1 N–H and O–H groups in total. The number of nitrogens with one attached hydrogen (secondary N) is 1. The molecule has 35 heavy (non-hydrogen) atoms. The molecule has 2 aliphatic heterocycles. The van der Waals surface area contributed by atoms with E-state index >= 15 is 0 Å². The highest BCUT2D eigenvalue weighted by atomic mass is 35.6. The number of fused-ring (bicyclic) bond motifs is 1. The van der Waals surface area contributed by atoms with Gasteiger partial charge in [0.25, 0.3) is 11.8 Å². The lowest BCUT2D eigenvalue weighted by atomic mass is 10.0. The van der Waals surface area contributed by atoms with E-state index in [1.54, 1.807) is 37.3 Å². The maximum atomic E-state index is 12.9. The van der Waals surface area contributed by atoms with Crippen LogP contribution >= 0.6 is 46.6 Å². The van der Waals surface area contributed by atoms with Crippen molar-refractivity contribution in [1.82, 2.24) is 10.2 Å². The molecule has 190 valence electrons. The molecule has 0 bridgehead atoms. The largest absolute Gasteiger partial charge is 0.509 e. The van der Waals surface area contributed by atoms with E-state index in [-0.39, 0.29) is 24.5 Å². The third-order valence-electron chi connectivity index (χ3n) is 4.73. The molecule has 3 rings (SSSR count). The van der Waals surface area contributed by atoms with Crippen molar-refractivity contribution in [2.75, 3.05) is 19.8 Å². The fraction of sp³-hybridized carbons (Fsp3) is 0.429. The average Bonchev–Trinajstić information content (AvgIpc) is 2.81. The molecule has 1 aromatic rings. The maximum Gasteiger partial charge on any atom is 0.509 e. The van der Waals surface area contributed by atoms with Crippen LogP contribution in [0.5, 0.6) is 5.75 Å². The first kappa shape index (κ1) is 27.3. The highest BCUT2D eigenvalue weighted by Crippen LogP contribution is 2.45. The summed E-state index contributed by atoms with van der Waals surface area (Å²) in [6.07, 6.45) is -0.964. The monoisotopic (exact) mass is 566 g/mol. The summed E-state index contributed by atoms with van der Waals surface area (Å²) in [6, 6.07) is 7.65. The number of halogens is 3. The number of thioether (sulfide) groups is 1. The number of hydrogen-bond donors (Lipinski definition) is 1. The number of carbonyl (C=O) groups excluding carboxylic acids is 4. The number of hydrogen-bond acceptors (Lipinski definition) is 9. The van der Waals surface area contributed by atoms with Gasteiger partial charge < -0.3 is 24.3 Å². The first-order valence-electron chi connectivity index (χ1n) is 10.3. The van der Waals surface area contributed by atoms with Crippen LogP contribution in [0.1, 0.15) is 13.8 Å². The highest BCUT2D eigenvalue weighted by molar-refractivity contribution is 8.00. The van der Waals surface area contributed by atoms with Gasteiger partial charge in [0.15, 0.2) is 12.0 Å². The van der Waals surface area contributed by atoms with Crippen LogP contribution in [0.2, 0.25) is 0 Å². The molecule has 0 spiro atoms. The van der Waals surface area contributed by atoms with Gasteiger partial charge in [-0.3, -0.25) is 14.5 Å². The highest BCUT2D eigenvalue weighted by Gasteiger charge is 2.57. The molecule has 10 nitrogen and oxygen atoms in total. The summed E-state index contributed by atoms with van der Waals surface area (Å²) in [5, 5.41) is 1.80. The van der Waals surface area contributed by atoms with Crippen LogP contribution in [0.4, 0.5) is 4.79 Å². The SMILES string of the molecule is CCOC(=O)O[C@@H]1S[C@@H]2[C@H](NC(=O)COc3ccccc3)C(=O)N2C(C(=O)OCC(Cl)(Cl)Cl)=C1C.